The molecule has 1 aliphatic heterocycles. The molecule has 3 heterocycles. The smallest absolute Gasteiger partial charge is 0.239 e. The molecule has 0 radical (unpaired) electrons. The molecule has 0 unspecified atom stereocenters. The van der Waals surface area contributed by atoms with Crippen molar-refractivity contribution in [2.45, 2.75) is 32.6 Å². The Balaban J connectivity index is 1.55. The highest BCUT2D eigenvalue weighted by molar-refractivity contribution is 5.66. The van der Waals surface area contributed by atoms with Gasteiger partial charge >= 0.3 is 0 Å². The quantitative estimate of drug-likeness (QED) is 0.853. The maximum atomic E-state index is 9.77. The molecule has 21 heavy (non-hydrogen) atoms. The normalized spacial score (nSPS) is 16.4. The van der Waals surface area contributed by atoms with Crippen molar-refractivity contribution in [2.24, 2.45) is 0 Å². The molecule has 1 N–H and O–H groups in total. The number of ether oxygens (including phenoxy) is 1. The molecule has 1 saturated heterocycles. The summed E-state index contributed by atoms with van der Waals surface area (Å²) in [7, 11) is 0. The van der Waals surface area contributed by atoms with E-state index in [2.05, 4.69) is 15.0 Å². The topological polar surface area (TPSA) is 62.9 Å². The molecule has 0 saturated carbocycles. The van der Waals surface area contributed by atoms with Gasteiger partial charge < -0.3 is 14.7 Å². The molecule has 2 aromatic rings. The Labute approximate surface area is 124 Å². The molecular weight excluding hydrogens is 268 g/mol. The Bertz CT molecular complexity index is 605. The first-order valence-corrected chi connectivity index (χ1v) is 7.63. The maximum Gasteiger partial charge on any atom is 0.239 e. The number of hydrogen-bond donors (Lipinski definition) is 1. The van der Waals surface area contributed by atoms with Gasteiger partial charge in [0.05, 0.1) is 12.8 Å². The summed E-state index contributed by atoms with van der Waals surface area (Å²) in [5.74, 6) is 0.759. The minimum Gasteiger partial charge on any atom is -0.492 e. The van der Waals surface area contributed by atoms with Crippen LogP contribution in [0, 0.1) is 6.92 Å². The van der Waals surface area contributed by atoms with Gasteiger partial charge in [-0.25, -0.2) is 4.52 Å². The fourth-order valence-electron chi connectivity index (χ4n) is 2.92. The third kappa shape index (κ3) is 3.10. The van der Waals surface area contributed by atoms with Crippen LogP contribution in [0.4, 0.5) is 0 Å². The molecule has 2 aromatic heterocycles. The van der Waals surface area contributed by atoms with Gasteiger partial charge in [0, 0.05) is 12.1 Å². The van der Waals surface area contributed by atoms with E-state index in [0.29, 0.717) is 12.1 Å². The predicted molar refractivity (Wildman–Crippen MR) is 79.8 cm³/mol. The number of aromatic hydroxyl groups is 1. The highest BCUT2D eigenvalue weighted by Crippen LogP contribution is 2.28. The zero-order valence-electron chi connectivity index (χ0n) is 12.5. The molecule has 0 amide bonds. The van der Waals surface area contributed by atoms with Gasteiger partial charge in [0.15, 0.2) is 0 Å². The molecule has 0 aromatic carbocycles. The molecule has 1 fully saturated rings. The van der Waals surface area contributed by atoms with Crippen molar-refractivity contribution in [3.8, 4) is 11.6 Å². The fourth-order valence-corrected chi connectivity index (χ4v) is 2.92. The molecular formula is C15H22N4O2. The van der Waals surface area contributed by atoms with Gasteiger partial charge in [-0.2, -0.15) is 10.1 Å². The van der Waals surface area contributed by atoms with E-state index in [0.717, 1.165) is 24.3 Å². The molecule has 3 rings (SSSR count). The molecule has 0 bridgehead atoms. The minimum absolute atomic E-state index is 0.00864. The minimum atomic E-state index is -0.00864. The third-order valence-electron chi connectivity index (χ3n) is 4.09. The summed E-state index contributed by atoms with van der Waals surface area (Å²) in [5.41, 5.74) is 1.50. The van der Waals surface area contributed by atoms with Crippen molar-refractivity contribution in [3.63, 3.8) is 0 Å². The Hall–Kier alpha value is -1.82. The van der Waals surface area contributed by atoms with Gasteiger partial charge in [-0.15, -0.1) is 0 Å². The number of hydrogen-bond acceptors (Lipinski definition) is 5. The summed E-state index contributed by atoms with van der Waals surface area (Å²) >= 11 is 0. The standard InChI is InChI=1S/C15H22N4O2/c1-12-13(10-19-14(12)15(20)16-11-17-19)21-9-5-8-18-6-3-2-4-7-18/h10-11H,2-9H2,1H3,(H,16,17,20). The summed E-state index contributed by atoms with van der Waals surface area (Å²) in [4.78, 5) is 6.31. The van der Waals surface area contributed by atoms with Crippen molar-refractivity contribution in [1.29, 1.82) is 0 Å². The average molecular weight is 290 g/mol. The van der Waals surface area contributed by atoms with E-state index in [1.54, 1.807) is 10.7 Å². The number of aromatic nitrogens is 3. The van der Waals surface area contributed by atoms with Crippen LogP contribution in [-0.4, -0.2) is 50.8 Å². The van der Waals surface area contributed by atoms with E-state index in [-0.39, 0.29) is 5.88 Å². The SMILES string of the molecule is Cc1c(OCCCN2CCCCC2)cn2ncnc(O)c12. The first-order chi connectivity index (χ1) is 10.3. The van der Waals surface area contributed by atoms with E-state index < -0.39 is 0 Å². The van der Waals surface area contributed by atoms with Crippen molar-refractivity contribution in [3.05, 3.63) is 18.1 Å². The maximum absolute atomic E-state index is 9.77. The van der Waals surface area contributed by atoms with Gasteiger partial charge in [0.1, 0.15) is 17.6 Å². The van der Waals surface area contributed by atoms with Gasteiger partial charge in [-0.3, -0.25) is 0 Å². The molecule has 0 spiro atoms. The monoisotopic (exact) mass is 290 g/mol. The number of nitrogens with zero attached hydrogens (tertiary/aromatic N) is 4. The van der Waals surface area contributed by atoms with E-state index in [1.165, 1.54) is 38.7 Å². The lowest BCUT2D eigenvalue weighted by atomic mass is 10.1. The van der Waals surface area contributed by atoms with Crippen LogP contribution in [0.3, 0.4) is 0 Å². The van der Waals surface area contributed by atoms with Crippen LogP contribution >= 0.6 is 0 Å². The van der Waals surface area contributed by atoms with Gasteiger partial charge in [0.2, 0.25) is 5.88 Å². The fraction of sp³-hybridized carbons (Fsp3) is 0.600. The Morgan fingerprint density at radius 2 is 2.10 bits per heavy atom. The van der Waals surface area contributed by atoms with Gasteiger partial charge in [-0.1, -0.05) is 6.42 Å². The lowest BCUT2D eigenvalue weighted by molar-refractivity contribution is 0.204. The van der Waals surface area contributed by atoms with E-state index >= 15 is 0 Å². The number of fused-ring (bicyclic) bond motifs is 1. The molecule has 0 aliphatic carbocycles. The molecule has 0 atom stereocenters. The first-order valence-electron chi connectivity index (χ1n) is 7.63. The molecule has 1 aliphatic rings. The second-order valence-electron chi connectivity index (χ2n) is 5.60. The Morgan fingerprint density at radius 1 is 1.29 bits per heavy atom. The summed E-state index contributed by atoms with van der Waals surface area (Å²) in [6.07, 6.45) is 8.16. The second kappa shape index (κ2) is 6.30. The highest BCUT2D eigenvalue weighted by atomic mass is 16.5. The lowest BCUT2D eigenvalue weighted by Gasteiger charge is -2.26. The summed E-state index contributed by atoms with van der Waals surface area (Å²) < 4.78 is 7.45. The summed E-state index contributed by atoms with van der Waals surface area (Å²) in [6, 6.07) is 0. The predicted octanol–water partition coefficient (Wildman–Crippen LogP) is 2.00. The molecule has 6 heteroatoms. The number of likely N-dealkylation sites (tertiary alicyclic amines) is 1. The summed E-state index contributed by atoms with van der Waals surface area (Å²) in [6.45, 7) is 6.13. The van der Waals surface area contributed by atoms with Crippen LogP contribution in [0.15, 0.2) is 12.5 Å². The van der Waals surface area contributed by atoms with E-state index in [1.807, 2.05) is 6.92 Å². The van der Waals surface area contributed by atoms with Crippen LogP contribution in [0.5, 0.6) is 11.6 Å². The number of piperidine rings is 1. The lowest BCUT2D eigenvalue weighted by Crippen LogP contribution is -2.31. The molecule has 6 nitrogen and oxygen atoms in total. The third-order valence-corrected chi connectivity index (χ3v) is 4.09. The first kappa shape index (κ1) is 14.1. The van der Waals surface area contributed by atoms with Crippen LogP contribution in [0.25, 0.3) is 5.52 Å². The van der Waals surface area contributed by atoms with Crippen LogP contribution < -0.4 is 4.74 Å². The van der Waals surface area contributed by atoms with Crippen LogP contribution in [0.1, 0.15) is 31.2 Å². The second-order valence-corrected chi connectivity index (χ2v) is 5.60. The Morgan fingerprint density at radius 3 is 2.86 bits per heavy atom. The zero-order valence-corrected chi connectivity index (χ0v) is 12.5. The van der Waals surface area contributed by atoms with Crippen molar-refractivity contribution >= 4 is 5.52 Å². The number of aryl methyl sites for hydroxylation is 1. The van der Waals surface area contributed by atoms with Crippen molar-refractivity contribution in [1.82, 2.24) is 19.5 Å². The number of rotatable bonds is 5. The van der Waals surface area contributed by atoms with Crippen molar-refractivity contribution in [2.75, 3.05) is 26.2 Å². The van der Waals surface area contributed by atoms with Crippen LogP contribution in [-0.2, 0) is 0 Å². The Kier molecular flexibility index (Phi) is 4.24. The van der Waals surface area contributed by atoms with Crippen LogP contribution in [0.2, 0.25) is 0 Å². The van der Waals surface area contributed by atoms with Gasteiger partial charge in [0.25, 0.3) is 0 Å². The van der Waals surface area contributed by atoms with Gasteiger partial charge in [-0.05, 0) is 39.3 Å². The summed E-state index contributed by atoms with van der Waals surface area (Å²) in [5, 5.41) is 13.9. The van der Waals surface area contributed by atoms with E-state index in [4.69, 9.17) is 4.74 Å². The van der Waals surface area contributed by atoms with E-state index in [9.17, 15) is 5.11 Å². The zero-order chi connectivity index (χ0) is 14.7. The molecule has 114 valence electrons. The largest absolute Gasteiger partial charge is 0.492 e. The van der Waals surface area contributed by atoms with Crippen molar-refractivity contribution < 1.29 is 9.84 Å². The average Bonchev–Trinajstić information content (AvgIpc) is 2.83. The highest BCUT2D eigenvalue weighted by Gasteiger charge is 2.13.